The molecule has 1 heterocycles. The van der Waals surface area contributed by atoms with Gasteiger partial charge >= 0.3 is 0 Å². The fraction of sp³-hybridized carbons (Fsp3) is 0.467. The van der Waals surface area contributed by atoms with Crippen LogP contribution >= 0.6 is 0 Å². The van der Waals surface area contributed by atoms with Crippen LogP contribution < -0.4 is 10.1 Å². The van der Waals surface area contributed by atoms with Gasteiger partial charge < -0.3 is 10.1 Å². The van der Waals surface area contributed by atoms with Crippen molar-refractivity contribution < 1.29 is 4.74 Å². The molecule has 1 aliphatic heterocycles. The van der Waals surface area contributed by atoms with Crippen LogP contribution in [0.25, 0.3) is 0 Å². The van der Waals surface area contributed by atoms with E-state index in [-0.39, 0.29) is 0 Å². The van der Waals surface area contributed by atoms with Gasteiger partial charge in [0, 0.05) is 6.04 Å². The molecule has 1 unspecified atom stereocenters. The molecule has 1 N–H and O–H groups in total. The van der Waals surface area contributed by atoms with E-state index in [4.69, 9.17) is 4.74 Å². The molecule has 0 aliphatic carbocycles. The summed E-state index contributed by atoms with van der Waals surface area (Å²) in [4.78, 5) is 0. The van der Waals surface area contributed by atoms with Crippen LogP contribution in [0.3, 0.4) is 0 Å². The third-order valence-corrected chi connectivity index (χ3v) is 3.06. The Balaban J connectivity index is 2.02. The van der Waals surface area contributed by atoms with Crippen LogP contribution in [0.15, 0.2) is 36.4 Å². The fourth-order valence-corrected chi connectivity index (χ4v) is 2.16. The van der Waals surface area contributed by atoms with E-state index in [0.717, 1.165) is 17.9 Å². The maximum atomic E-state index is 5.67. The maximum absolute atomic E-state index is 5.67. The number of rotatable bonds is 4. The molecule has 0 spiro atoms. The van der Waals surface area contributed by atoms with E-state index in [1.54, 1.807) is 0 Å². The van der Waals surface area contributed by atoms with Crippen molar-refractivity contribution in [2.24, 2.45) is 0 Å². The molecule has 1 aliphatic rings. The third-order valence-electron chi connectivity index (χ3n) is 3.06. The van der Waals surface area contributed by atoms with Crippen molar-refractivity contribution in [1.82, 2.24) is 5.32 Å². The standard InChI is InChI=1S/C15H21NO/c1-12(2)11-17-14-7-5-6-13(10-14)15-8-3-4-9-16-15/h5-7,10,15-16H,1,3-4,8-9,11H2,2H3. The molecule has 0 bridgehead atoms. The van der Waals surface area contributed by atoms with Crippen LogP contribution in [0.4, 0.5) is 0 Å². The molecule has 1 atom stereocenters. The normalized spacial score (nSPS) is 19.9. The number of hydrogen-bond donors (Lipinski definition) is 1. The molecule has 0 amide bonds. The molecule has 92 valence electrons. The van der Waals surface area contributed by atoms with Gasteiger partial charge in [0.15, 0.2) is 0 Å². The zero-order valence-corrected chi connectivity index (χ0v) is 10.5. The summed E-state index contributed by atoms with van der Waals surface area (Å²) in [6.07, 6.45) is 3.83. The number of hydrogen-bond acceptors (Lipinski definition) is 2. The lowest BCUT2D eigenvalue weighted by Crippen LogP contribution is -2.26. The van der Waals surface area contributed by atoms with Crippen molar-refractivity contribution in [1.29, 1.82) is 0 Å². The van der Waals surface area contributed by atoms with E-state index in [0.29, 0.717) is 12.6 Å². The Kier molecular flexibility index (Phi) is 4.21. The van der Waals surface area contributed by atoms with Gasteiger partial charge in [0.2, 0.25) is 0 Å². The zero-order chi connectivity index (χ0) is 12.1. The van der Waals surface area contributed by atoms with Gasteiger partial charge in [-0.15, -0.1) is 0 Å². The lowest BCUT2D eigenvalue weighted by atomic mass is 9.97. The Morgan fingerprint density at radius 2 is 2.35 bits per heavy atom. The predicted octanol–water partition coefficient (Wildman–Crippen LogP) is 3.46. The minimum absolute atomic E-state index is 0.497. The first-order valence-electron chi connectivity index (χ1n) is 6.36. The Bertz CT molecular complexity index is 380. The first-order valence-corrected chi connectivity index (χ1v) is 6.36. The number of ether oxygens (including phenoxy) is 1. The number of nitrogens with one attached hydrogen (secondary N) is 1. The van der Waals surface area contributed by atoms with Crippen LogP contribution in [0.5, 0.6) is 5.75 Å². The van der Waals surface area contributed by atoms with Gasteiger partial charge in [-0.05, 0) is 49.6 Å². The smallest absolute Gasteiger partial charge is 0.120 e. The van der Waals surface area contributed by atoms with Gasteiger partial charge in [0.25, 0.3) is 0 Å². The number of piperidine rings is 1. The highest BCUT2D eigenvalue weighted by molar-refractivity contribution is 5.31. The molecule has 0 radical (unpaired) electrons. The molecular weight excluding hydrogens is 210 g/mol. The van der Waals surface area contributed by atoms with E-state index in [2.05, 4.69) is 30.1 Å². The summed E-state index contributed by atoms with van der Waals surface area (Å²) in [5, 5.41) is 3.55. The average molecular weight is 231 g/mol. The molecule has 0 saturated carbocycles. The van der Waals surface area contributed by atoms with Crippen molar-refractivity contribution in [2.45, 2.75) is 32.2 Å². The summed E-state index contributed by atoms with van der Waals surface area (Å²) >= 11 is 0. The lowest BCUT2D eigenvalue weighted by molar-refractivity contribution is 0.350. The fourth-order valence-electron chi connectivity index (χ4n) is 2.16. The molecule has 0 aromatic heterocycles. The van der Waals surface area contributed by atoms with Crippen molar-refractivity contribution in [3.63, 3.8) is 0 Å². The molecule has 17 heavy (non-hydrogen) atoms. The SMILES string of the molecule is C=C(C)COc1cccc(C2CCCCN2)c1. The van der Waals surface area contributed by atoms with Gasteiger partial charge in [-0.3, -0.25) is 0 Å². The lowest BCUT2D eigenvalue weighted by Gasteiger charge is -2.24. The van der Waals surface area contributed by atoms with Gasteiger partial charge in [-0.1, -0.05) is 25.1 Å². The summed E-state index contributed by atoms with van der Waals surface area (Å²) in [7, 11) is 0. The molecule has 2 nitrogen and oxygen atoms in total. The minimum Gasteiger partial charge on any atom is -0.489 e. The second-order valence-electron chi connectivity index (χ2n) is 4.82. The Morgan fingerprint density at radius 3 is 3.06 bits per heavy atom. The van der Waals surface area contributed by atoms with Crippen LogP contribution in [0.2, 0.25) is 0 Å². The summed E-state index contributed by atoms with van der Waals surface area (Å²) in [5.41, 5.74) is 2.38. The second-order valence-corrected chi connectivity index (χ2v) is 4.82. The van der Waals surface area contributed by atoms with Gasteiger partial charge in [-0.2, -0.15) is 0 Å². The van der Waals surface area contributed by atoms with Crippen molar-refractivity contribution in [2.75, 3.05) is 13.2 Å². The van der Waals surface area contributed by atoms with E-state index in [1.807, 2.05) is 13.0 Å². The van der Waals surface area contributed by atoms with Crippen LogP contribution in [0, 0.1) is 0 Å². The van der Waals surface area contributed by atoms with Crippen LogP contribution in [-0.4, -0.2) is 13.2 Å². The summed E-state index contributed by atoms with van der Waals surface area (Å²) in [6.45, 7) is 7.55. The Labute approximate surface area is 104 Å². The molecule has 2 rings (SSSR count). The highest BCUT2D eigenvalue weighted by Crippen LogP contribution is 2.25. The molecule has 1 aromatic rings. The van der Waals surface area contributed by atoms with Gasteiger partial charge in [0.05, 0.1) is 0 Å². The van der Waals surface area contributed by atoms with Crippen LogP contribution in [-0.2, 0) is 0 Å². The van der Waals surface area contributed by atoms with Gasteiger partial charge in [0.1, 0.15) is 12.4 Å². The van der Waals surface area contributed by atoms with Crippen LogP contribution in [0.1, 0.15) is 37.8 Å². The van der Waals surface area contributed by atoms with E-state index in [9.17, 15) is 0 Å². The molecule has 2 heteroatoms. The molecule has 1 fully saturated rings. The molecule has 1 saturated heterocycles. The summed E-state index contributed by atoms with van der Waals surface area (Å²) in [5.74, 6) is 0.942. The predicted molar refractivity (Wildman–Crippen MR) is 71.3 cm³/mol. The van der Waals surface area contributed by atoms with Crippen molar-refractivity contribution >= 4 is 0 Å². The largest absolute Gasteiger partial charge is 0.489 e. The minimum atomic E-state index is 0.497. The average Bonchev–Trinajstić information content (AvgIpc) is 2.38. The first-order chi connectivity index (χ1) is 8.25. The summed E-state index contributed by atoms with van der Waals surface area (Å²) in [6, 6.07) is 8.90. The maximum Gasteiger partial charge on any atom is 0.120 e. The Hall–Kier alpha value is -1.28. The Morgan fingerprint density at radius 1 is 1.47 bits per heavy atom. The van der Waals surface area contributed by atoms with E-state index < -0.39 is 0 Å². The van der Waals surface area contributed by atoms with Crippen molar-refractivity contribution in [3.05, 3.63) is 42.0 Å². The highest BCUT2D eigenvalue weighted by atomic mass is 16.5. The van der Waals surface area contributed by atoms with E-state index in [1.165, 1.54) is 24.8 Å². The number of benzene rings is 1. The zero-order valence-electron chi connectivity index (χ0n) is 10.5. The highest BCUT2D eigenvalue weighted by Gasteiger charge is 2.14. The monoisotopic (exact) mass is 231 g/mol. The first kappa shape index (κ1) is 12.2. The topological polar surface area (TPSA) is 21.3 Å². The third kappa shape index (κ3) is 3.60. The summed E-state index contributed by atoms with van der Waals surface area (Å²) < 4.78 is 5.67. The molecular formula is C15H21NO. The van der Waals surface area contributed by atoms with Crippen molar-refractivity contribution in [3.8, 4) is 5.75 Å². The quantitative estimate of drug-likeness (QED) is 0.801. The van der Waals surface area contributed by atoms with E-state index >= 15 is 0 Å². The second kappa shape index (κ2) is 5.87. The van der Waals surface area contributed by atoms with Gasteiger partial charge in [-0.25, -0.2) is 0 Å². The molecule has 1 aromatic carbocycles.